The smallest absolute Gasteiger partial charge is 0.261 e. The van der Waals surface area contributed by atoms with E-state index in [1.54, 1.807) is 36.4 Å². The molecule has 0 aromatic heterocycles. The van der Waals surface area contributed by atoms with E-state index in [9.17, 15) is 16.8 Å². The third-order valence-electron chi connectivity index (χ3n) is 4.87. The number of anilines is 2. The Balaban J connectivity index is 1.49. The number of ether oxygens (including phenoxy) is 1. The van der Waals surface area contributed by atoms with Crippen LogP contribution in [0, 0.1) is 0 Å². The van der Waals surface area contributed by atoms with Gasteiger partial charge in [-0.2, -0.15) is 0 Å². The second kappa shape index (κ2) is 9.13. The highest BCUT2D eigenvalue weighted by molar-refractivity contribution is 7.93. The number of benzene rings is 4. The molecule has 2 N–H and O–H groups in total. The van der Waals surface area contributed by atoms with Crippen molar-refractivity contribution >= 4 is 42.2 Å². The molecule has 4 rings (SSSR count). The molecule has 0 fully saturated rings. The molecule has 0 bridgehead atoms. The van der Waals surface area contributed by atoms with Gasteiger partial charge in [-0.3, -0.25) is 9.44 Å². The van der Waals surface area contributed by atoms with Crippen molar-refractivity contribution in [3.63, 3.8) is 0 Å². The van der Waals surface area contributed by atoms with Gasteiger partial charge in [-0.15, -0.1) is 0 Å². The van der Waals surface area contributed by atoms with Crippen molar-refractivity contribution in [2.75, 3.05) is 16.1 Å². The Bertz CT molecular complexity index is 1480. The van der Waals surface area contributed by atoms with Gasteiger partial charge in [0.05, 0.1) is 16.4 Å². The van der Waals surface area contributed by atoms with E-state index in [4.69, 9.17) is 4.74 Å². The molecule has 0 aliphatic carbocycles. The number of hydrogen-bond acceptors (Lipinski definition) is 5. The Labute approximate surface area is 193 Å². The topological polar surface area (TPSA) is 102 Å². The summed E-state index contributed by atoms with van der Waals surface area (Å²) in [4.78, 5) is 0.125. The number of rotatable bonds is 8. The van der Waals surface area contributed by atoms with Gasteiger partial charge < -0.3 is 4.74 Å². The lowest BCUT2D eigenvalue weighted by atomic mass is 10.1. The molecule has 33 heavy (non-hydrogen) atoms. The summed E-state index contributed by atoms with van der Waals surface area (Å²) < 4.78 is 61.3. The van der Waals surface area contributed by atoms with E-state index in [1.165, 1.54) is 30.3 Å². The summed E-state index contributed by atoms with van der Waals surface area (Å²) in [7, 11) is -7.68. The highest BCUT2D eigenvalue weighted by Crippen LogP contribution is 2.24. The molecule has 0 spiro atoms. The fourth-order valence-corrected chi connectivity index (χ4v) is 5.40. The molecule has 0 saturated heterocycles. The Kier molecular flexibility index (Phi) is 6.26. The predicted molar refractivity (Wildman–Crippen MR) is 130 cm³/mol. The molecule has 0 aliphatic heterocycles. The Hall–Kier alpha value is -3.56. The van der Waals surface area contributed by atoms with E-state index in [-0.39, 0.29) is 15.5 Å². The zero-order valence-electron chi connectivity index (χ0n) is 17.7. The second-order valence-electron chi connectivity index (χ2n) is 7.20. The summed E-state index contributed by atoms with van der Waals surface area (Å²) in [5.74, 6) is 0.642. The zero-order valence-corrected chi connectivity index (χ0v) is 19.4. The van der Waals surface area contributed by atoms with Gasteiger partial charge >= 0.3 is 0 Å². The average Bonchev–Trinajstić information content (AvgIpc) is 2.80. The maximum Gasteiger partial charge on any atom is 0.261 e. The molecule has 0 heterocycles. The Morgan fingerprint density at radius 1 is 0.636 bits per heavy atom. The van der Waals surface area contributed by atoms with Crippen molar-refractivity contribution in [3.8, 4) is 5.75 Å². The van der Waals surface area contributed by atoms with Gasteiger partial charge in [0.25, 0.3) is 20.0 Å². The van der Waals surface area contributed by atoms with E-state index in [2.05, 4.69) is 9.44 Å². The fourth-order valence-electron chi connectivity index (χ4n) is 3.25. The molecule has 0 unspecified atom stereocenters. The maximum atomic E-state index is 12.8. The third-order valence-corrected chi connectivity index (χ3v) is 7.64. The van der Waals surface area contributed by atoms with Crippen LogP contribution in [-0.2, 0) is 20.0 Å². The van der Waals surface area contributed by atoms with E-state index in [0.29, 0.717) is 18.0 Å². The first-order valence-electron chi connectivity index (χ1n) is 10.1. The quantitative estimate of drug-likeness (QED) is 0.374. The predicted octanol–water partition coefficient (Wildman–Crippen LogP) is 4.84. The number of fused-ring (bicyclic) bond motifs is 1. The first-order chi connectivity index (χ1) is 15.8. The molecule has 0 saturated carbocycles. The summed E-state index contributed by atoms with van der Waals surface area (Å²) in [6.07, 6.45) is 0. The highest BCUT2D eigenvalue weighted by atomic mass is 32.2. The minimum absolute atomic E-state index is 0.00466. The molecule has 0 atom stereocenters. The van der Waals surface area contributed by atoms with Crippen LogP contribution in [0.4, 0.5) is 11.4 Å². The van der Waals surface area contributed by atoms with Crippen LogP contribution < -0.4 is 14.2 Å². The summed E-state index contributed by atoms with van der Waals surface area (Å²) in [5.41, 5.74) is 0.641. The lowest BCUT2D eigenvalue weighted by molar-refractivity contribution is 0.340. The van der Waals surface area contributed by atoms with Crippen LogP contribution in [0.3, 0.4) is 0 Å². The van der Waals surface area contributed by atoms with Crippen molar-refractivity contribution in [1.82, 2.24) is 0 Å². The van der Waals surface area contributed by atoms with Gasteiger partial charge in [-0.05, 0) is 78.4 Å². The molecule has 4 aromatic rings. The lowest BCUT2D eigenvalue weighted by Crippen LogP contribution is -2.14. The first kappa shape index (κ1) is 22.6. The largest absolute Gasteiger partial charge is 0.494 e. The molecular formula is C24H22N2O5S2. The number of nitrogens with one attached hydrogen (secondary N) is 2. The summed E-state index contributed by atoms with van der Waals surface area (Å²) in [5, 5.41) is 1.74. The average molecular weight is 483 g/mol. The van der Waals surface area contributed by atoms with Gasteiger partial charge in [-0.1, -0.05) is 30.3 Å². The number of sulfonamides is 2. The third kappa shape index (κ3) is 5.27. The van der Waals surface area contributed by atoms with Crippen molar-refractivity contribution in [2.24, 2.45) is 0 Å². The van der Waals surface area contributed by atoms with E-state index in [1.807, 2.05) is 31.2 Å². The van der Waals surface area contributed by atoms with Crippen molar-refractivity contribution in [2.45, 2.75) is 16.7 Å². The SMILES string of the molecule is CCOc1ccc(NS(=O)(=O)c2ccc(NS(=O)(=O)c3ccc4ccccc4c3)cc2)cc1. The zero-order chi connectivity index (χ0) is 23.5. The van der Waals surface area contributed by atoms with Crippen LogP contribution in [0.5, 0.6) is 5.75 Å². The van der Waals surface area contributed by atoms with Crippen LogP contribution >= 0.6 is 0 Å². The van der Waals surface area contributed by atoms with Crippen LogP contribution in [0.25, 0.3) is 10.8 Å². The normalized spacial score (nSPS) is 11.8. The summed E-state index contributed by atoms with van der Waals surface area (Å²) in [6, 6.07) is 24.4. The molecule has 4 aromatic carbocycles. The van der Waals surface area contributed by atoms with Gasteiger partial charge in [0.1, 0.15) is 5.75 Å². The number of hydrogen-bond donors (Lipinski definition) is 2. The Morgan fingerprint density at radius 3 is 1.76 bits per heavy atom. The van der Waals surface area contributed by atoms with Gasteiger partial charge in [-0.25, -0.2) is 16.8 Å². The molecule has 9 heteroatoms. The minimum Gasteiger partial charge on any atom is -0.494 e. The summed E-state index contributed by atoms with van der Waals surface area (Å²) >= 11 is 0. The molecule has 0 radical (unpaired) electrons. The lowest BCUT2D eigenvalue weighted by Gasteiger charge is -2.11. The Morgan fingerprint density at radius 2 is 1.15 bits per heavy atom. The summed E-state index contributed by atoms with van der Waals surface area (Å²) in [6.45, 7) is 2.38. The minimum atomic E-state index is -3.84. The standard InChI is InChI=1S/C24H22N2O5S2/c1-2-31-22-12-8-20(9-13-22)25-32(27,28)23-15-10-21(11-16-23)26-33(29,30)24-14-7-18-5-3-4-6-19(18)17-24/h3-17,25-26H,2H2,1H3. The molecule has 170 valence electrons. The van der Waals surface area contributed by atoms with E-state index >= 15 is 0 Å². The first-order valence-corrected chi connectivity index (χ1v) is 13.1. The van der Waals surface area contributed by atoms with Gasteiger partial charge in [0, 0.05) is 11.4 Å². The molecule has 0 aliphatic rings. The maximum absolute atomic E-state index is 12.8. The fraction of sp³-hybridized carbons (Fsp3) is 0.0833. The van der Waals surface area contributed by atoms with Crippen LogP contribution in [0.1, 0.15) is 6.92 Å². The molecule has 0 amide bonds. The van der Waals surface area contributed by atoms with E-state index < -0.39 is 20.0 Å². The highest BCUT2D eigenvalue weighted by Gasteiger charge is 2.17. The van der Waals surface area contributed by atoms with Gasteiger partial charge in [0.2, 0.25) is 0 Å². The van der Waals surface area contributed by atoms with E-state index in [0.717, 1.165) is 10.8 Å². The van der Waals surface area contributed by atoms with Crippen LogP contribution in [0.15, 0.2) is 101 Å². The monoisotopic (exact) mass is 482 g/mol. The van der Waals surface area contributed by atoms with Gasteiger partial charge in [0.15, 0.2) is 0 Å². The van der Waals surface area contributed by atoms with Crippen molar-refractivity contribution < 1.29 is 21.6 Å². The van der Waals surface area contributed by atoms with Crippen molar-refractivity contribution in [3.05, 3.63) is 91.0 Å². The van der Waals surface area contributed by atoms with Crippen molar-refractivity contribution in [1.29, 1.82) is 0 Å². The van der Waals surface area contributed by atoms with Crippen LogP contribution in [0.2, 0.25) is 0 Å². The molecular weight excluding hydrogens is 460 g/mol. The van der Waals surface area contributed by atoms with Crippen LogP contribution in [-0.4, -0.2) is 23.4 Å². The molecule has 7 nitrogen and oxygen atoms in total. The second-order valence-corrected chi connectivity index (χ2v) is 10.6.